The first kappa shape index (κ1) is 7.03. The Kier molecular flexibility index (Phi) is 2.49. The van der Waals surface area contributed by atoms with Gasteiger partial charge < -0.3 is 9.84 Å². The average Bonchev–Trinajstić information content (AvgIpc) is 2.18. The molecule has 1 heterocycles. The van der Waals surface area contributed by atoms with E-state index < -0.39 is 0 Å². The third kappa shape index (κ3) is 1.66. The maximum atomic E-state index is 8.56. The van der Waals surface area contributed by atoms with Crippen molar-refractivity contribution in [2.75, 3.05) is 13.2 Å². The van der Waals surface area contributed by atoms with Crippen molar-refractivity contribution in [3.05, 3.63) is 0 Å². The van der Waals surface area contributed by atoms with Crippen molar-refractivity contribution in [1.82, 2.24) is 0 Å². The summed E-state index contributed by atoms with van der Waals surface area (Å²) >= 11 is 0. The van der Waals surface area contributed by atoms with E-state index in [9.17, 15) is 0 Å². The molecule has 9 heavy (non-hydrogen) atoms. The predicted octanol–water partition coefficient (Wildman–Crippen LogP) is 0.794. The summed E-state index contributed by atoms with van der Waals surface area (Å²) in [5, 5.41) is 8.56. The van der Waals surface area contributed by atoms with Crippen LogP contribution in [0.1, 0.15) is 19.8 Å². The van der Waals surface area contributed by atoms with Gasteiger partial charge in [-0.3, -0.25) is 0 Å². The maximum Gasteiger partial charge on any atom is 0.0623 e. The van der Waals surface area contributed by atoms with Gasteiger partial charge in [0.1, 0.15) is 0 Å². The molecule has 0 aromatic carbocycles. The number of aliphatic hydroxyl groups is 1. The van der Waals surface area contributed by atoms with Crippen molar-refractivity contribution in [2.45, 2.75) is 25.9 Å². The topological polar surface area (TPSA) is 29.5 Å². The van der Waals surface area contributed by atoms with Gasteiger partial charge in [0.2, 0.25) is 0 Å². The minimum atomic E-state index is 0.259. The molecule has 1 fully saturated rings. The number of hydrogen-bond acceptors (Lipinski definition) is 2. The van der Waals surface area contributed by atoms with Crippen LogP contribution < -0.4 is 0 Å². The normalized spacial score (nSPS) is 35.3. The van der Waals surface area contributed by atoms with Gasteiger partial charge in [-0.25, -0.2) is 0 Å². The van der Waals surface area contributed by atoms with Crippen LogP contribution in [0.3, 0.4) is 0 Å². The maximum absolute atomic E-state index is 8.56. The van der Waals surface area contributed by atoms with Crippen molar-refractivity contribution >= 4 is 0 Å². The van der Waals surface area contributed by atoms with Crippen LogP contribution in [0.4, 0.5) is 0 Å². The number of aliphatic hydroxyl groups excluding tert-OH is 1. The predicted molar refractivity (Wildman–Crippen MR) is 35.2 cm³/mol. The van der Waals surface area contributed by atoms with Gasteiger partial charge >= 0.3 is 0 Å². The molecule has 1 N–H and O–H groups in total. The molecule has 2 unspecified atom stereocenters. The van der Waals surface area contributed by atoms with Crippen LogP contribution in [-0.4, -0.2) is 24.4 Å². The van der Waals surface area contributed by atoms with Crippen LogP contribution in [0.25, 0.3) is 0 Å². The first-order chi connectivity index (χ1) is 4.34. The molecular weight excluding hydrogens is 116 g/mol. The van der Waals surface area contributed by atoms with Crippen LogP contribution in [0.5, 0.6) is 0 Å². The highest BCUT2D eigenvalue weighted by atomic mass is 16.5. The van der Waals surface area contributed by atoms with Crippen molar-refractivity contribution in [1.29, 1.82) is 0 Å². The van der Waals surface area contributed by atoms with Crippen molar-refractivity contribution in [3.63, 3.8) is 0 Å². The summed E-state index contributed by atoms with van der Waals surface area (Å²) in [7, 11) is 0. The van der Waals surface area contributed by atoms with Gasteiger partial charge in [0, 0.05) is 13.2 Å². The van der Waals surface area contributed by atoms with Crippen LogP contribution >= 0.6 is 0 Å². The molecule has 2 atom stereocenters. The van der Waals surface area contributed by atoms with E-state index in [0.717, 1.165) is 19.4 Å². The fourth-order valence-corrected chi connectivity index (χ4v) is 1.25. The summed E-state index contributed by atoms with van der Waals surface area (Å²) in [6.45, 7) is 3.31. The molecule has 0 aromatic rings. The highest BCUT2D eigenvalue weighted by Crippen LogP contribution is 2.21. The largest absolute Gasteiger partial charge is 0.396 e. The van der Waals surface area contributed by atoms with Gasteiger partial charge in [-0.2, -0.15) is 0 Å². The second-order valence-electron chi connectivity index (χ2n) is 2.69. The molecule has 0 saturated carbocycles. The molecule has 2 nitrogen and oxygen atoms in total. The van der Waals surface area contributed by atoms with E-state index in [2.05, 4.69) is 6.92 Å². The van der Waals surface area contributed by atoms with Gasteiger partial charge in [-0.05, 0) is 18.8 Å². The standard InChI is InChI=1S/C7H14O2/c1-6-3-5-9-7(6)2-4-8/h6-8H,2-5H2,1H3. The number of hydrogen-bond donors (Lipinski definition) is 1. The fraction of sp³-hybridized carbons (Fsp3) is 1.00. The van der Waals surface area contributed by atoms with E-state index in [1.54, 1.807) is 0 Å². The third-order valence-electron chi connectivity index (χ3n) is 1.95. The lowest BCUT2D eigenvalue weighted by Gasteiger charge is -2.11. The fourth-order valence-electron chi connectivity index (χ4n) is 1.25. The molecule has 1 rings (SSSR count). The lowest BCUT2D eigenvalue weighted by atomic mass is 10.0. The molecule has 0 radical (unpaired) electrons. The first-order valence-corrected chi connectivity index (χ1v) is 3.57. The Balaban J connectivity index is 2.22. The molecule has 1 saturated heterocycles. The van der Waals surface area contributed by atoms with Crippen molar-refractivity contribution in [2.24, 2.45) is 5.92 Å². The summed E-state index contributed by atoms with van der Waals surface area (Å²) in [5.41, 5.74) is 0. The zero-order valence-electron chi connectivity index (χ0n) is 5.84. The molecule has 2 heteroatoms. The van der Waals surface area contributed by atoms with Crippen molar-refractivity contribution in [3.8, 4) is 0 Å². The highest BCUT2D eigenvalue weighted by molar-refractivity contribution is 4.71. The van der Waals surface area contributed by atoms with Gasteiger partial charge in [-0.1, -0.05) is 6.92 Å². The lowest BCUT2D eigenvalue weighted by molar-refractivity contribution is 0.0706. The van der Waals surface area contributed by atoms with E-state index in [4.69, 9.17) is 9.84 Å². The molecule has 0 bridgehead atoms. The Hall–Kier alpha value is -0.0800. The lowest BCUT2D eigenvalue weighted by Crippen LogP contribution is -2.14. The van der Waals surface area contributed by atoms with E-state index in [-0.39, 0.29) is 6.61 Å². The molecule has 0 aliphatic carbocycles. The quantitative estimate of drug-likeness (QED) is 0.599. The molecule has 1 aliphatic rings. The first-order valence-electron chi connectivity index (χ1n) is 3.57. The van der Waals surface area contributed by atoms with Gasteiger partial charge in [-0.15, -0.1) is 0 Å². The molecule has 0 spiro atoms. The molecule has 0 amide bonds. The molecule has 1 aliphatic heterocycles. The Morgan fingerprint density at radius 1 is 1.67 bits per heavy atom. The average molecular weight is 130 g/mol. The van der Waals surface area contributed by atoms with E-state index >= 15 is 0 Å². The van der Waals surface area contributed by atoms with Gasteiger partial charge in [0.25, 0.3) is 0 Å². The summed E-state index contributed by atoms with van der Waals surface area (Å²) in [6, 6.07) is 0. The minimum absolute atomic E-state index is 0.259. The minimum Gasteiger partial charge on any atom is -0.396 e. The Morgan fingerprint density at radius 2 is 2.44 bits per heavy atom. The second kappa shape index (κ2) is 3.18. The van der Waals surface area contributed by atoms with Crippen LogP contribution in [0, 0.1) is 5.92 Å². The van der Waals surface area contributed by atoms with Crippen LogP contribution in [-0.2, 0) is 4.74 Å². The summed E-state index contributed by atoms with van der Waals surface area (Å²) in [5.74, 6) is 0.650. The van der Waals surface area contributed by atoms with E-state index in [1.165, 1.54) is 0 Å². The zero-order chi connectivity index (χ0) is 6.69. The monoisotopic (exact) mass is 130 g/mol. The van der Waals surface area contributed by atoms with Crippen LogP contribution in [0.2, 0.25) is 0 Å². The van der Waals surface area contributed by atoms with E-state index in [1.807, 2.05) is 0 Å². The SMILES string of the molecule is CC1CCOC1CCO. The Bertz CT molecular complexity index is 83.0. The Morgan fingerprint density at radius 3 is 2.89 bits per heavy atom. The van der Waals surface area contributed by atoms with Gasteiger partial charge in [0.05, 0.1) is 6.10 Å². The number of ether oxygens (including phenoxy) is 1. The molecule has 54 valence electrons. The summed E-state index contributed by atoms with van der Waals surface area (Å²) in [6.07, 6.45) is 2.29. The smallest absolute Gasteiger partial charge is 0.0623 e. The second-order valence-corrected chi connectivity index (χ2v) is 2.69. The molecule has 0 aromatic heterocycles. The number of rotatable bonds is 2. The molecular formula is C7H14O2. The van der Waals surface area contributed by atoms with E-state index in [0.29, 0.717) is 12.0 Å². The van der Waals surface area contributed by atoms with Crippen LogP contribution in [0.15, 0.2) is 0 Å². The summed E-state index contributed by atoms with van der Waals surface area (Å²) in [4.78, 5) is 0. The van der Waals surface area contributed by atoms with Gasteiger partial charge in [0.15, 0.2) is 0 Å². The zero-order valence-corrected chi connectivity index (χ0v) is 5.84. The Labute approximate surface area is 55.8 Å². The van der Waals surface area contributed by atoms with Crippen molar-refractivity contribution < 1.29 is 9.84 Å². The highest BCUT2D eigenvalue weighted by Gasteiger charge is 2.22. The third-order valence-corrected chi connectivity index (χ3v) is 1.95. The summed E-state index contributed by atoms with van der Waals surface area (Å²) < 4.78 is 5.35.